The summed E-state index contributed by atoms with van der Waals surface area (Å²) in [5, 5.41) is 0. The smallest absolute Gasteiger partial charge is 0.0314 e. The lowest BCUT2D eigenvalue weighted by atomic mass is 9.73. The number of nitrogens with two attached hydrogens (primary N) is 2. The molecule has 0 heterocycles. The molecule has 376 valence electrons. The highest BCUT2D eigenvalue weighted by Crippen LogP contribution is 2.41. The Morgan fingerprint density at radius 3 is 0.912 bits per heavy atom. The fourth-order valence-electron chi connectivity index (χ4n) is 12.1. The predicted octanol–water partition coefficient (Wildman–Crippen LogP) is 20.8. The van der Waals surface area contributed by atoms with Crippen LogP contribution in [0.3, 0.4) is 0 Å². The maximum Gasteiger partial charge on any atom is 0.0314 e. The van der Waals surface area contributed by atoms with Crippen LogP contribution in [0.15, 0.2) is 97.1 Å². The van der Waals surface area contributed by atoms with Crippen LogP contribution < -0.4 is 11.5 Å². The van der Waals surface area contributed by atoms with Crippen molar-refractivity contribution in [3.8, 4) is 0 Å². The summed E-state index contributed by atoms with van der Waals surface area (Å²) in [5.41, 5.74) is 22.9. The summed E-state index contributed by atoms with van der Waals surface area (Å²) in [6, 6.07) is 37.7. The van der Waals surface area contributed by atoms with Gasteiger partial charge in [0, 0.05) is 29.1 Å². The third-order valence-corrected chi connectivity index (χ3v) is 16.4. The SMILES string of the molecule is CCCCCCCCCCCCC(c1ccc(N)cc1)c1ccc(C(CCC(CCCCCC)C2CCCCC2)c2ccc(C(CCCCCCCCCCCC)c3ccc(N)cc3)cc2)cc1. The molecule has 0 bridgehead atoms. The minimum Gasteiger partial charge on any atom is -0.399 e. The summed E-state index contributed by atoms with van der Waals surface area (Å²) >= 11 is 0. The molecular formula is C66H102N2. The van der Waals surface area contributed by atoms with Crippen molar-refractivity contribution < 1.29 is 0 Å². The molecule has 4 aromatic carbocycles. The van der Waals surface area contributed by atoms with Crippen LogP contribution in [0.2, 0.25) is 0 Å². The minimum absolute atomic E-state index is 0.397. The minimum atomic E-state index is 0.397. The normalized spacial score (nSPS) is 15.0. The first-order valence-electron chi connectivity index (χ1n) is 29.4. The number of rotatable bonds is 37. The van der Waals surface area contributed by atoms with E-state index < -0.39 is 0 Å². The molecule has 4 aromatic rings. The van der Waals surface area contributed by atoms with E-state index in [0.29, 0.717) is 17.8 Å². The van der Waals surface area contributed by atoms with E-state index >= 15 is 0 Å². The summed E-state index contributed by atoms with van der Waals surface area (Å²) < 4.78 is 0. The molecule has 4 N–H and O–H groups in total. The van der Waals surface area contributed by atoms with Crippen molar-refractivity contribution in [3.63, 3.8) is 0 Å². The van der Waals surface area contributed by atoms with E-state index in [2.05, 4.69) is 118 Å². The molecule has 1 aliphatic rings. The lowest BCUT2D eigenvalue weighted by Gasteiger charge is -2.32. The monoisotopic (exact) mass is 923 g/mol. The molecule has 1 aliphatic carbocycles. The fraction of sp³-hybridized carbons (Fsp3) is 0.636. The van der Waals surface area contributed by atoms with Gasteiger partial charge in [-0.15, -0.1) is 0 Å². The number of anilines is 2. The molecule has 0 amide bonds. The Balaban J connectivity index is 1.34. The van der Waals surface area contributed by atoms with Gasteiger partial charge in [-0.3, -0.25) is 0 Å². The lowest BCUT2D eigenvalue weighted by molar-refractivity contribution is 0.214. The van der Waals surface area contributed by atoms with Crippen LogP contribution in [0.1, 0.15) is 290 Å². The average Bonchev–Trinajstić information content (AvgIpc) is 3.37. The Morgan fingerprint density at radius 2 is 0.574 bits per heavy atom. The quantitative estimate of drug-likeness (QED) is 0.0350. The molecule has 5 rings (SSSR count). The van der Waals surface area contributed by atoms with Gasteiger partial charge in [-0.1, -0.05) is 286 Å². The second-order valence-electron chi connectivity index (χ2n) is 21.9. The Hall–Kier alpha value is -3.52. The first-order valence-corrected chi connectivity index (χ1v) is 29.4. The second-order valence-corrected chi connectivity index (χ2v) is 21.9. The first kappa shape index (κ1) is 55.4. The number of unbranched alkanes of at least 4 members (excludes halogenated alkanes) is 21. The Kier molecular flexibility index (Phi) is 27.6. The zero-order chi connectivity index (χ0) is 47.9. The highest BCUT2D eigenvalue weighted by molar-refractivity contribution is 5.46. The van der Waals surface area contributed by atoms with Crippen molar-refractivity contribution in [2.45, 2.75) is 257 Å². The molecule has 0 saturated heterocycles. The fourth-order valence-corrected chi connectivity index (χ4v) is 12.1. The van der Waals surface area contributed by atoms with Gasteiger partial charge in [0.25, 0.3) is 0 Å². The van der Waals surface area contributed by atoms with Crippen molar-refractivity contribution in [1.82, 2.24) is 0 Å². The molecule has 68 heavy (non-hydrogen) atoms. The van der Waals surface area contributed by atoms with Gasteiger partial charge in [-0.25, -0.2) is 0 Å². The van der Waals surface area contributed by atoms with Gasteiger partial charge in [0.1, 0.15) is 0 Å². The van der Waals surface area contributed by atoms with Crippen molar-refractivity contribution >= 4 is 11.4 Å². The molecule has 2 nitrogen and oxygen atoms in total. The summed E-state index contributed by atoms with van der Waals surface area (Å²) in [4.78, 5) is 0. The molecule has 3 atom stereocenters. The standard InChI is InChI=1S/C66H102N2/c1-4-7-10-13-15-17-19-21-23-29-34-64(60-44-49-62(67)50-45-60)56-36-40-58(41-37-56)66(53-48-55(33-26-12-9-6-3)54-31-27-25-28-32-54)59-42-38-57(39-43-59)65(61-46-51-63(68)52-47-61)35-30-24-22-20-18-16-14-11-8-5-2/h36-47,49-52,54-55,64-66H,4-35,48,53,67-68H2,1-3H3. The third-order valence-electron chi connectivity index (χ3n) is 16.4. The van der Waals surface area contributed by atoms with Crippen LogP contribution in [0.25, 0.3) is 0 Å². The molecule has 0 aromatic heterocycles. The average molecular weight is 924 g/mol. The van der Waals surface area contributed by atoms with Gasteiger partial charge in [-0.2, -0.15) is 0 Å². The van der Waals surface area contributed by atoms with Crippen LogP contribution >= 0.6 is 0 Å². The summed E-state index contributed by atoms with van der Waals surface area (Å²) in [6.45, 7) is 6.97. The molecular weight excluding hydrogens is 821 g/mol. The Morgan fingerprint density at radius 1 is 0.309 bits per heavy atom. The van der Waals surface area contributed by atoms with Crippen LogP contribution in [0, 0.1) is 11.8 Å². The third kappa shape index (κ3) is 20.4. The second kappa shape index (κ2) is 33.9. The first-order chi connectivity index (χ1) is 33.5. The number of benzene rings is 4. The number of hydrogen-bond donors (Lipinski definition) is 2. The molecule has 1 saturated carbocycles. The number of nitrogen functional groups attached to an aromatic ring is 2. The van der Waals surface area contributed by atoms with Crippen molar-refractivity contribution in [2.24, 2.45) is 11.8 Å². The molecule has 0 aliphatic heterocycles. The van der Waals surface area contributed by atoms with Gasteiger partial charge in [0.15, 0.2) is 0 Å². The van der Waals surface area contributed by atoms with Gasteiger partial charge in [0.2, 0.25) is 0 Å². The van der Waals surface area contributed by atoms with E-state index in [4.69, 9.17) is 11.5 Å². The largest absolute Gasteiger partial charge is 0.399 e. The predicted molar refractivity (Wildman–Crippen MR) is 301 cm³/mol. The summed E-state index contributed by atoms with van der Waals surface area (Å²) in [5.74, 6) is 2.95. The Bertz CT molecular complexity index is 1680. The van der Waals surface area contributed by atoms with Crippen LogP contribution in [-0.4, -0.2) is 0 Å². The van der Waals surface area contributed by atoms with Crippen LogP contribution in [0.5, 0.6) is 0 Å². The highest BCUT2D eigenvalue weighted by atomic mass is 14.5. The Labute approximate surface area is 420 Å². The van der Waals surface area contributed by atoms with Crippen LogP contribution in [-0.2, 0) is 0 Å². The lowest BCUT2D eigenvalue weighted by Crippen LogP contribution is -2.19. The zero-order valence-electron chi connectivity index (χ0n) is 44.3. The zero-order valence-corrected chi connectivity index (χ0v) is 44.3. The number of hydrogen-bond acceptors (Lipinski definition) is 2. The van der Waals surface area contributed by atoms with E-state index in [-0.39, 0.29) is 0 Å². The summed E-state index contributed by atoms with van der Waals surface area (Å²) in [6.07, 6.45) is 46.5. The topological polar surface area (TPSA) is 52.0 Å². The summed E-state index contributed by atoms with van der Waals surface area (Å²) in [7, 11) is 0. The van der Waals surface area contributed by atoms with E-state index in [1.165, 1.54) is 252 Å². The van der Waals surface area contributed by atoms with Crippen molar-refractivity contribution in [2.75, 3.05) is 11.5 Å². The van der Waals surface area contributed by atoms with Gasteiger partial charge >= 0.3 is 0 Å². The molecule has 1 fully saturated rings. The van der Waals surface area contributed by atoms with Crippen molar-refractivity contribution in [1.29, 1.82) is 0 Å². The molecule has 0 radical (unpaired) electrons. The maximum absolute atomic E-state index is 6.23. The molecule has 0 spiro atoms. The van der Waals surface area contributed by atoms with Crippen molar-refractivity contribution in [3.05, 3.63) is 130 Å². The van der Waals surface area contributed by atoms with Crippen LogP contribution in [0.4, 0.5) is 11.4 Å². The van der Waals surface area contributed by atoms with E-state index in [9.17, 15) is 0 Å². The van der Waals surface area contributed by atoms with E-state index in [1.807, 2.05) is 0 Å². The van der Waals surface area contributed by atoms with Gasteiger partial charge in [0.05, 0.1) is 0 Å². The van der Waals surface area contributed by atoms with Gasteiger partial charge < -0.3 is 11.5 Å². The molecule has 2 heteroatoms. The van der Waals surface area contributed by atoms with E-state index in [0.717, 1.165) is 23.2 Å². The van der Waals surface area contributed by atoms with Gasteiger partial charge in [-0.05, 0) is 95.2 Å². The highest BCUT2D eigenvalue weighted by Gasteiger charge is 2.26. The molecule has 3 unspecified atom stereocenters. The van der Waals surface area contributed by atoms with E-state index in [1.54, 1.807) is 0 Å². The maximum atomic E-state index is 6.23.